The predicted molar refractivity (Wildman–Crippen MR) is 94.1 cm³/mol. The highest BCUT2D eigenvalue weighted by Crippen LogP contribution is 2.24. The number of ether oxygens (including phenoxy) is 1. The minimum atomic E-state index is -4.72. The summed E-state index contributed by atoms with van der Waals surface area (Å²) in [7, 11) is 4.03. The number of piperidine rings is 1. The minimum absolute atomic E-state index is 0.200. The maximum absolute atomic E-state index is 12.1. The summed E-state index contributed by atoms with van der Waals surface area (Å²) < 4.78 is 40.2. The van der Waals surface area contributed by atoms with Gasteiger partial charge < -0.3 is 15.0 Å². The molecule has 1 aliphatic heterocycles. The molecule has 1 aromatic carbocycles. The highest BCUT2D eigenvalue weighted by atomic mass is 19.4. The number of rotatable bonds is 7. The van der Waals surface area contributed by atoms with Crippen molar-refractivity contribution in [3.05, 3.63) is 24.3 Å². The van der Waals surface area contributed by atoms with E-state index in [0.29, 0.717) is 11.7 Å². The third-order valence-corrected chi connectivity index (χ3v) is 4.55. The van der Waals surface area contributed by atoms with Crippen molar-refractivity contribution in [2.45, 2.75) is 38.1 Å². The molecule has 5 nitrogen and oxygen atoms in total. The number of likely N-dealkylation sites (tertiary alicyclic amines) is 1. The lowest BCUT2D eigenvalue weighted by atomic mass is 10.00. The number of nitrogens with one attached hydrogen (secondary N) is 1. The van der Waals surface area contributed by atoms with Gasteiger partial charge in [-0.05, 0) is 70.7 Å². The second kappa shape index (κ2) is 9.23. The molecule has 0 aliphatic carbocycles. The summed E-state index contributed by atoms with van der Waals surface area (Å²) in [6.07, 6.45) is -0.00216. The molecule has 0 bridgehead atoms. The number of nitrogens with zero attached hydrogens (tertiary/aromatic N) is 2. The molecule has 1 aromatic rings. The Bertz CT molecular complexity index is 578. The fourth-order valence-electron chi connectivity index (χ4n) is 3.14. The molecule has 0 saturated carbocycles. The van der Waals surface area contributed by atoms with Crippen LogP contribution in [0.25, 0.3) is 0 Å². The Balaban J connectivity index is 1.73. The van der Waals surface area contributed by atoms with Gasteiger partial charge in [-0.3, -0.25) is 9.69 Å². The zero-order valence-electron chi connectivity index (χ0n) is 15.2. The lowest BCUT2D eigenvalue weighted by Gasteiger charge is -2.33. The van der Waals surface area contributed by atoms with Gasteiger partial charge in [0.15, 0.2) is 0 Å². The van der Waals surface area contributed by atoms with E-state index in [-0.39, 0.29) is 18.2 Å². The van der Waals surface area contributed by atoms with Crippen molar-refractivity contribution in [3.63, 3.8) is 0 Å². The van der Waals surface area contributed by atoms with E-state index in [1.165, 1.54) is 43.5 Å². The molecule has 1 saturated heterocycles. The average molecular weight is 373 g/mol. The summed E-state index contributed by atoms with van der Waals surface area (Å²) in [5.41, 5.74) is 0.435. The van der Waals surface area contributed by atoms with Gasteiger partial charge in [-0.2, -0.15) is 0 Å². The van der Waals surface area contributed by atoms with Crippen LogP contribution in [0.3, 0.4) is 0 Å². The van der Waals surface area contributed by atoms with Crippen LogP contribution in [0.4, 0.5) is 18.9 Å². The van der Waals surface area contributed by atoms with Gasteiger partial charge in [0, 0.05) is 11.7 Å². The van der Waals surface area contributed by atoms with Crippen LogP contribution in [0.15, 0.2) is 24.3 Å². The molecule has 1 fully saturated rings. The van der Waals surface area contributed by atoms with Crippen LogP contribution >= 0.6 is 0 Å². The second-order valence-corrected chi connectivity index (χ2v) is 6.78. The van der Waals surface area contributed by atoms with Gasteiger partial charge in [-0.1, -0.05) is 6.42 Å². The second-order valence-electron chi connectivity index (χ2n) is 6.78. The van der Waals surface area contributed by atoms with E-state index in [1.807, 2.05) is 11.9 Å². The van der Waals surface area contributed by atoms with Crippen molar-refractivity contribution in [3.8, 4) is 5.75 Å². The van der Waals surface area contributed by atoms with E-state index in [2.05, 4.69) is 22.0 Å². The molecule has 8 heteroatoms. The first kappa shape index (κ1) is 20.5. The molecular formula is C18H26F3N3O2. The molecule has 0 spiro atoms. The summed E-state index contributed by atoms with van der Waals surface area (Å²) in [6, 6.07) is 5.68. The Morgan fingerprint density at radius 1 is 1.31 bits per heavy atom. The van der Waals surface area contributed by atoms with Gasteiger partial charge in [0.05, 0.1) is 6.54 Å². The first-order valence-electron chi connectivity index (χ1n) is 8.77. The maximum Gasteiger partial charge on any atom is 0.573 e. The van der Waals surface area contributed by atoms with Gasteiger partial charge in [0.25, 0.3) is 0 Å². The monoisotopic (exact) mass is 373 g/mol. The normalized spacial score (nSPS) is 18.8. The van der Waals surface area contributed by atoms with E-state index in [9.17, 15) is 18.0 Å². The lowest BCUT2D eigenvalue weighted by Crippen LogP contribution is -2.39. The molecule has 1 unspecified atom stereocenters. The van der Waals surface area contributed by atoms with E-state index in [0.717, 1.165) is 19.5 Å². The number of hydrogen-bond acceptors (Lipinski definition) is 4. The highest BCUT2D eigenvalue weighted by Gasteiger charge is 2.31. The van der Waals surface area contributed by atoms with Crippen LogP contribution < -0.4 is 10.1 Å². The molecule has 0 aromatic heterocycles. The summed E-state index contributed by atoms with van der Waals surface area (Å²) in [5.74, 6) is -0.516. The minimum Gasteiger partial charge on any atom is -0.406 e. The summed E-state index contributed by atoms with van der Waals surface area (Å²) >= 11 is 0. The topological polar surface area (TPSA) is 44.8 Å². The van der Waals surface area contributed by atoms with Gasteiger partial charge in [0.2, 0.25) is 5.91 Å². The van der Waals surface area contributed by atoms with Crippen molar-refractivity contribution in [2.24, 2.45) is 0 Å². The maximum atomic E-state index is 12.1. The number of alkyl halides is 3. The number of amides is 1. The van der Waals surface area contributed by atoms with Crippen LogP contribution in [0.5, 0.6) is 5.75 Å². The number of carbonyl (C=O) groups excluding carboxylic acids is 1. The fraction of sp³-hybridized carbons (Fsp3) is 0.611. The Hall–Kier alpha value is -1.80. The number of halogens is 3. The first-order valence-corrected chi connectivity index (χ1v) is 8.77. The third-order valence-electron chi connectivity index (χ3n) is 4.55. The van der Waals surface area contributed by atoms with E-state index in [1.54, 1.807) is 0 Å². The fourth-order valence-corrected chi connectivity index (χ4v) is 3.14. The molecule has 2 rings (SSSR count). The Kier molecular flexibility index (Phi) is 7.28. The number of hydrogen-bond donors (Lipinski definition) is 1. The number of anilines is 1. The van der Waals surface area contributed by atoms with E-state index >= 15 is 0 Å². The van der Waals surface area contributed by atoms with Gasteiger partial charge >= 0.3 is 6.36 Å². The van der Waals surface area contributed by atoms with Crippen molar-refractivity contribution in [1.29, 1.82) is 0 Å². The molecule has 146 valence electrons. The number of benzene rings is 1. The highest BCUT2D eigenvalue weighted by molar-refractivity contribution is 5.92. The van der Waals surface area contributed by atoms with Crippen LogP contribution in [-0.4, -0.2) is 61.8 Å². The third kappa shape index (κ3) is 7.21. The first-order chi connectivity index (χ1) is 12.2. The summed E-state index contributed by atoms with van der Waals surface area (Å²) in [6.45, 7) is 2.18. The van der Waals surface area contributed by atoms with E-state index < -0.39 is 6.36 Å². The van der Waals surface area contributed by atoms with Crippen molar-refractivity contribution < 1.29 is 22.7 Å². The molecular weight excluding hydrogens is 347 g/mol. The summed E-state index contributed by atoms with van der Waals surface area (Å²) in [4.78, 5) is 16.4. The number of likely N-dealkylation sites (N-methyl/N-ethyl adjacent to an activating group) is 1. The zero-order chi connectivity index (χ0) is 19.2. The lowest BCUT2D eigenvalue weighted by molar-refractivity contribution is -0.274. The van der Waals surface area contributed by atoms with Crippen molar-refractivity contribution >= 4 is 11.6 Å². The Morgan fingerprint density at radius 3 is 2.62 bits per heavy atom. The largest absolute Gasteiger partial charge is 0.573 e. The quantitative estimate of drug-likeness (QED) is 0.796. The standard InChI is InChI=1S/C18H26F3N3O2/c1-23(12-10-15-5-3-4-11-24(15)2)13-17(25)22-14-6-8-16(9-7-14)26-18(19,20)21/h6-9,15H,3-5,10-13H2,1-2H3,(H,22,25). The molecule has 1 heterocycles. The molecule has 1 amide bonds. The molecule has 0 radical (unpaired) electrons. The van der Waals surface area contributed by atoms with Gasteiger partial charge in [-0.15, -0.1) is 13.2 Å². The van der Waals surface area contributed by atoms with E-state index in [4.69, 9.17) is 0 Å². The van der Waals surface area contributed by atoms with Crippen LogP contribution in [-0.2, 0) is 4.79 Å². The van der Waals surface area contributed by atoms with Gasteiger partial charge in [0.1, 0.15) is 5.75 Å². The number of carbonyl (C=O) groups is 1. The predicted octanol–water partition coefficient (Wildman–Crippen LogP) is 3.33. The molecule has 26 heavy (non-hydrogen) atoms. The molecule has 1 atom stereocenters. The van der Waals surface area contributed by atoms with Crippen LogP contribution in [0, 0.1) is 0 Å². The van der Waals surface area contributed by atoms with Crippen LogP contribution in [0.1, 0.15) is 25.7 Å². The average Bonchev–Trinajstić information content (AvgIpc) is 2.54. The molecule has 1 N–H and O–H groups in total. The van der Waals surface area contributed by atoms with Crippen LogP contribution in [0.2, 0.25) is 0 Å². The Morgan fingerprint density at radius 2 is 2.00 bits per heavy atom. The van der Waals surface area contributed by atoms with Crippen molar-refractivity contribution in [2.75, 3.05) is 39.0 Å². The summed E-state index contributed by atoms with van der Waals surface area (Å²) in [5, 5.41) is 2.68. The smallest absolute Gasteiger partial charge is 0.406 e. The molecule has 1 aliphatic rings. The zero-order valence-corrected chi connectivity index (χ0v) is 15.2. The SMILES string of the molecule is CN(CCC1CCCCN1C)CC(=O)Nc1ccc(OC(F)(F)F)cc1. The van der Waals surface area contributed by atoms with Crippen molar-refractivity contribution in [1.82, 2.24) is 9.80 Å². The Labute approximate surface area is 152 Å². The van der Waals surface area contributed by atoms with Gasteiger partial charge in [-0.25, -0.2) is 0 Å².